The number of rotatable bonds is 5. The predicted octanol–water partition coefficient (Wildman–Crippen LogP) is 10.3. The van der Waals surface area contributed by atoms with Crippen molar-refractivity contribution < 1.29 is 0 Å². The van der Waals surface area contributed by atoms with Crippen LogP contribution < -0.4 is 0 Å². The van der Waals surface area contributed by atoms with E-state index in [9.17, 15) is 0 Å². The third-order valence-corrected chi connectivity index (χ3v) is 5.48. The zero-order chi connectivity index (χ0) is 22.5. The van der Waals surface area contributed by atoms with Gasteiger partial charge in [0.1, 0.15) is 0 Å². The highest BCUT2D eigenvalue weighted by molar-refractivity contribution is 5.35. The third-order valence-electron chi connectivity index (χ3n) is 5.48. The first-order chi connectivity index (χ1) is 13.3. The Hall–Kier alpha value is -1.04. The van der Waals surface area contributed by atoms with E-state index in [1.54, 1.807) is 0 Å². The monoisotopic (exact) mass is 390 g/mol. The summed E-state index contributed by atoms with van der Waals surface area (Å²) < 4.78 is 0. The lowest BCUT2D eigenvalue weighted by Gasteiger charge is -2.32. The van der Waals surface area contributed by atoms with Crippen molar-refractivity contribution >= 4 is 0 Å². The molecule has 0 aliphatic heterocycles. The molecule has 3 atom stereocenters. The summed E-state index contributed by atoms with van der Waals surface area (Å²) in [4.78, 5) is 0. The van der Waals surface area contributed by atoms with Crippen LogP contribution in [0.4, 0.5) is 0 Å². The Morgan fingerprint density at radius 3 is 1.82 bits per heavy atom. The van der Waals surface area contributed by atoms with Crippen LogP contribution in [-0.4, -0.2) is 0 Å². The van der Waals surface area contributed by atoms with Crippen molar-refractivity contribution in [1.29, 1.82) is 0 Å². The second kappa shape index (κ2) is 22.3. The fourth-order valence-electron chi connectivity index (χ4n) is 3.29. The van der Waals surface area contributed by atoms with Crippen molar-refractivity contribution in [2.24, 2.45) is 17.8 Å². The Bertz CT molecular complexity index is 433. The van der Waals surface area contributed by atoms with E-state index < -0.39 is 0 Å². The molecule has 0 amide bonds. The normalized spacial score (nSPS) is 22.2. The van der Waals surface area contributed by atoms with Crippen LogP contribution in [0, 0.1) is 17.8 Å². The quantitative estimate of drug-likeness (QED) is 0.323. The van der Waals surface area contributed by atoms with Gasteiger partial charge in [0, 0.05) is 0 Å². The molecule has 28 heavy (non-hydrogen) atoms. The number of hydrogen-bond donors (Lipinski definition) is 0. The molecule has 0 saturated heterocycles. The minimum Gasteiger partial charge on any atom is -0.0955 e. The van der Waals surface area contributed by atoms with E-state index in [-0.39, 0.29) is 0 Å². The van der Waals surface area contributed by atoms with Crippen molar-refractivity contribution in [3.63, 3.8) is 0 Å². The molecule has 1 aliphatic rings. The fraction of sp³-hybridized carbons (Fsp3) is 0.714. The van der Waals surface area contributed by atoms with Crippen molar-refractivity contribution in [1.82, 2.24) is 0 Å². The lowest BCUT2D eigenvalue weighted by atomic mass is 9.74. The maximum atomic E-state index is 3.83. The van der Waals surface area contributed by atoms with Crippen molar-refractivity contribution in [2.45, 2.75) is 115 Å². The minimum absolute atomic E-state index is 1.00. The topological polar surface area (TPSA) is 0 Å². The van der Waals surface area contributed by atoms with Crippen LogP contribution >= 0.6 is 0 Å². The molecule has 3 unspecified atom stereocenters. The van der Waals surface area contributed by atoms with Gasteiger partial charge in [0.2, 0.25) is 0 Å². The Balaban J connectivity index is -0.000000333. The van der Waals surface area contributed by atoms with Gasteiger partial charge >= 0.3 is 0 Å². The van der Waals surface area contributed by atoms with Gasteiger partial charge < -0.3 is 0 Å². The molecule has 1 rings (SSSR count). The van der Waals surface area contributed by atoms with E-state index in [1.165, 1.54) is 49.7 Å². The molecule has 1 aliphatic carbocycles. The highest BCUT2D eigenvalue weighted by Crippen LogP contribution is 2.35. The lowest BCUT2D eigenvalue weighted by molar-refractivity contribution is 0.192. The molecule has 0 aromatic carbocycles. The van der Waals surface area contributed by atoms with Crippen LogP contribution in [0.5, 0.6) is 0 Å². The van der Waals surface area contributed by atoms with Crippen LogP contribution in [0.25, 0.3) is 0 Å². The maximum Gasteiger partial charge on any atom is -0.0279 e. The minimum atomic E-state index is 1.00. The van der Waals surface area contributed by atoms with Gasteiger partial charge in [-0.15, -0.1) is 0 Å². The van der Waals surface area contributed by atoms with Gasteiger partial charge in [-0.25, -0.2) is 0 Å². The van der Waals surface area contributed by atoms with Crippen molar-refractivity contribution in [3.8, 4) is 0 Å². The molecule has 0 spiro atoms. The summed E-state index contributed by atoms with van der Waals surface area (Å²) in [6, 6.07) is 0. The summed E-state index contributed by atoms with van der Waals surface area (Å²) in [7, 11) is 0. The molecular formula is C28H54. The molecule has 0 radical (unpaired) electrons. The fourth-order valence-corrected chi connectivity index (χ4v) is 3.29. The number of hydrogen-bond acceptors (Lipinski definition) is 0. The molecule has 0 bridgehead atoms. The van der Waals surface area contributed by atoms with Crippen molar-refractivity contribution in [2.75, 3.05) is 0 Å². The molecule has 0 heteroatoms. The SMILES string of the molecule is C/C=C(\C)CC.C=C(C)C(/C=C\C)=C/C.CC.CCCC1CC(C)CCC1C. The molecule has 0 N–H and O–H groups in total. The average Bonchev–Trinajstić information content (AvgIpc) is 2.70. The molecule has 1 fully saturated rings. The first kappa shape index (κ1) is 31.6. The first-order valence-corrected chi connectivity index (χ1v) is 11.8. The standard InChI is InChI=1S/C11H22.C9H14.C6H12.C2H6/c1-4-5-11-8-9(2)6-7-10(11)3;1-5-7-9(6-2)8(3)4;1-4-6(3)5-2;1-2/h9-11H,4-8H2,1-3H3;5-7H,3H2,1-2,4H3;4H,5H2,1-3H3;1-2H3/b;7-5-,9-6+;6-4+;. The van der Waals surface area contributed by atoms with Gasteiger partial charge in [0.05, 0.1) is 0 Å². The van der Waals surface area contributed by atoms with E-state index in [1.807, 2.05) is 40.7 Å². The second-order valence-electron chi connectivity index (χ2n) is 7.96. The van der Waals surface area contributed by atoms with Crippen LogP contribution in [0.2, 0.25) is 0 Å². The first-order valence-electron chi connectivity index (χ1n) is 11.8. The molecule has 166 valence electrons. The van der Waals surface area contributed by atoms with Gasteiger partial charge in [0.15, 0.2) is 0 Å². The summed E-state index contributed by atoms with van der Waals surface area (Å²) in [6.07, 6.45) is 16.8. The predicted molar refractivity (Wildman–Crippen MR) is 135 cm³/mol. The molecule has 1 saturated carbocycles. The highest BCUT2D eigenvalue weighted by atomic mass is 14.3. The summed E-state index contributed by atoms with van der Waals surface area (Å²) >= 11 is 0. The van der Waals surface area contributed by atoms with E-state index in [0.29, 0.717) is 0 Å². The van der Waals surface area contributed by atoms with Gasteiger partial charge in [0.25, 0.3) is 0 Å². The summed E-state index contributed by atoms with van der Waals surface area (Å²) in [5.41, 5.74) is 3.81. The smallest absolute Gasteiger partial charge is 0.0279 e. The average molecular weight is 391 g/mol. The van der Waals surface area contributed by atoms with Gasteiger partial charge in [-0.1, -0.05) is 109 Å². The Morgan fingerprint density at radius 2 is 1.54 bits per heavy atom. The van der Waals surface area contributed by atoms with Gasteiger partial charge in [-0.3, -0.25) is 0 Å². The number of allylic oxidation sites excluding steroid dienone is 7. The van der Waals surface area contributed by atoms with Gasteiger partial charge in [-0.2, -0.15) is 0 Å². The van der Waals surface area contributed by atoms with E-state index >= 15 is 0 Å². The molecule has 0 aromatic heterocycles. The molecule has 0 heterocycles. The van der Waals surface area contributed by atoms with E-state index in [0.717, 1.165) is 23.3 Å². The Morgan fingerprint density at radius 1 is 0.964 bits per heavy atom. The summed E-state index contributed by atoms with van der Waals surface area (Å²) in [6.45, 7) is 27.4. The summed E-state index contributed by atoms with van der Waals surface area (Å²) in [5.74, 6) is 3.05. The van der Waals surface area contributed by atoms with Crippen LogP contribution in [-0.2, 0) is 0 Å². The Labute approximate surface area is 180 Å². The van der Waals surface area contributed by atoms with E-state index in [4.69, 9.17) is 0 Å². The molecular weight excluding hydrogens is 336 g/mol. The van der Waals surface area contributed by atoms with Crippen LogP contribution in [0.3, 0.4) is 0 Å². The van der Waals surface area contributed by atoms with E-state index in [2.05, 4.69) is 66.3 Å². The zero-order valence-corrected chi connectivity index (χ0v) is 21.5. The Kier molecular flexibility index (Phi) is 25.2. The molecule has 0 aromatic rings. The van der Waals surface area contributed by atoms with Crippen LogP contribution in [0.15, 0.2) is 47.6 Å². The molecule has 0 nitrogen and oxygen atoms in total. The van der Waals surface area contributed by atoms with Crippen LogP contribution in [0.1, 0.15) is 115 Å². The second-order valence-corrected chi connectivity index (χ2v) is 7.96. The lowest BCUT2D eigenvalue weighted by Crippen LogP contribution is -2.21. The van der Waals surface area contributed by atoms with Crippen molar-refractivity contribution in [3.05, 3.63) is 47.6 Å². The summed E-state index contributed by atoms with van der Waals surface area (Å²) in [5, 5.41) is 0. The highest BCUT2D eigenvalue weighted by Gasteiger charge is 2.24. The largest absolute Gasteiger partial charge is 0.0955 e. The third kappa shape index (κ3) is 18.3. The maximum absolute atomic E-state index is 3.83. The zero-order valence-electron chi connectivity index (χ0n) is 21.5. The van der Waals surface area contributed by atoms with Gasteiger partial charge in [-0.05, 0) is 70.8 Å².